The molecular weight excluding hydrogens is 490 g/mol. The summed E-state index contributed by atoms with van der Waals surface area (Å²) in [5.41, 5.74) is 7.87. The average Bonchev–Trinajstić information content (AvgIpc) is 3.59. The van der Waals surface area contributed by atoms with E-state index in [1.54, 1.807) is 33.6 Å². The van der Waals surface area contributed by atoms with Crippen molar-refractivity contribution in [1.29, 1.82) is 5.26 Å². The van der Waals surface area contributed by atoms with Gasteiger partial charge in [-0.3, -0.25) is 9.48 Å². The van der Waals surface area contributed by atoms with Crippen LogP contribution in [0.1, 0.15) is 31.9 Å². The van der Waals surface area contributed by atoms with Gasteiger partial charge < -0.3 is 35.1 Å². The number of hydrogen-bond donors (Lipinski definition) is 3. The number of anilines is 1. The summed E-state index contributed by atoms with van der Waals surface area (Å²) >= 11 is 0. The molecule has 3 aromatic heterocycles. The van der Waals surface area contributed by atoms with E-state index in [0.717, 1.165) is 25.9 Å². The molecule has 3 aromatic rings. The summed E-state index contributed by atoms with van der Waals surface area (Å²) in [7, 11) is 3.84. The van der Waals surface area contributed by atoms with E-state index in [2.05, 4.69) is 26.0 Å². The molecule has 0 aromatic carbocycles. The fourth-order valence-corrected chi connectivity index (χ4v) is 5.42. The van der Waals surface area contributed by atoms with E-state index >= 15 is 0 Å². The number of ether oxygens (including phenoxy) is 1. The minimum Gasteiger partial charge on any atom is -0.387 e. The van der Waals surface area contributed by atoms with Crippen LogP contribution in [0.2, 0.25) is 0 Å². The first-order valence-corrected chi connectivity index (χ1v) is 12.8. The third-order valence-corrected chi connectivity index (χ3v) is 7.48. The Kier molecular flexibility index (Phi) is 7.31. The van der Waals surface area contributed by atoms with Gasteiger partial charge in [-0.15, -0.1) is 0 Å². The quantitative estimate of drug-likeness (QED) is 0.365. The summed E-state index contributed by atoms with van der Waals surface area (Å²) in [6.07, 6.45) is 2.02. The number of nitriles is 1. The molecule has 2 fully saturated rings. The number of nitrogens with zero attached hydrogens (tertiary/aromatic N) is 8. The number of aliphatic hydroxyl groups is 2. The van der Waals surface area contributed by atoms with Crippen LogP contribution in [0, 0.1) is 11.3 Å². The van der Waals surface area contributed by atoms with E-state index in [1.165, 1.54) is 6.33 Å². The molecule has 202 valence electrons. The Morgan fingerprint density at radius 3 is 2.71 bits per heavy atom. The number of rotatable bonds is 7. The number of fused-ring (bicyclic) bond motifs is 1. The van der Waals surface area contributed by atoms with E-state index in [0.29, 0.717) is 41.7 Å². The Morgan fingerprint density at radius 1 is 1.26 bits per heavy atom. The number of carbonyl (C=O) groups excluding carboxylic acids is 1. The molecule has 0 radical (unpaired) electrons. The second kappa shape index (κ2) is 10.7. The number of carbonyl (C=O) groups is 1. The van der Waals surface area contributed by atoms with Gasteiger partial charge in [0.1, 0.15) is 30.0 Å². The topological polar surface area (TPSA) is 172 Å². The largest absolute Gasteiger partial charge is 0.387 e. The Labute approximate surface area is 220 Å². The molecule has 2 aliphatic rings. The van der Waals surface area contributed by atoms with Crippen molar-refractivity contribution in [3.8, 4) is 17.3 Å². The van der Waals surface area contributed by atoms with Gasteiger partial charge in [-0.25, -0.2) is 9.97 Å². The van der Waals surface area contributed by atoms with Crippen molar-refractivity contribution in [2.45, 2.75) is 56.3 Å². The van der Waals surface area contributed by atoms with Gasteiger partial charge in [0.05, 0.1) is 17.1 Å². The van der Waals surface area contributed by atoms with Crippen molar-refractivity contribution < 1.29 is 19.7 Å². The van der Waals surface area contributed by atoms with Crippen molar-refractivity contribution in [3.63, 3.8) is 0 Å². The number of hydrogen-bond acceptors (Lipinski definition) is 10. The molecule has 2 aliphatic heterocycles. The summed E-state index contributed by atoms with van der Waals surface area (Å²) in [4.78, 5) is 26.2. The van der Waals surface area contributed by atoms with Gasteiger partial charge in [0, 0.05) is 44.0 Å². The number of aromatic nitrogens is 5. The van der Waals surface area contributed by atoms with Gasteiger partial charge in [0.25, 0.3) is 5.91 Å². The molecule has 38 heavy (non-hydrogen) atoms. The number of unbranched alkanes of at least 4 members (excludes halogenated alkanes) is 1. The average molecular weight is 524 g/mol. The number of likely N-dealkylation sites (tertiary alicyclic amines) is 1. The molecule has 2 saturated heterocycles. The highest BCUT2D eigenvalue weighted by molar-refractivity contribution is 5.99. The standard InChI is InChI=1S/C25H33N9O4/c1-31-10-5-15(6-11-31)33(9-4-3-8-26)24(37)21-19(35)20(36)25(38-21)34-13-16(17-7-12-32(2)30-17)18-22(27)28-14-29-23(18)34/h7,12-15,19-21,25,35-36H,3-6,9-11H2,1-2H3,(H2,27,28,29)/t19-,20+,21-,25+/m0/s1. The number of aliphatic hydroxyl groups excluding tert-OH is 2. The van der Waals surface area contributed by atoms with E-state index in [9.17, 15) is 15.0 Å². The van der Waals surface area contributed by atoms with Crippen LogP contribution in [0.3, 0.4) is 0 Å². The molecule has 1 amide bonds. The Morgan fingerprint density at radius 2 is 2.03 bits per heavy atom. The van der Waals surface area contributed by atoms with E-state index < -0.39 is 24.5 Å². The fourth-order valence-electron chi connectivity index (χ4n) is 5.42. The van der Waals surface area contributed by atoms with Crippen molar-refractivity contribution in [2.75, 3.05) is 32.4 Å². The second-order valence-corrected chi connectivity index (χ2v) is 10.0. The van der Waals surface area contributed by atoms with Gasteiger partial charge in [-0.2, -0.15) is 10.4 Å². The molecule has 4 atom stereocenters. The lowest BCUT2D eigenvalue weighted by atomic mass is 10.0. The van der Waals surface area contributed by atoms with Gasteiger partial charge in [-0.05, 0) is 45.5 Å². The van der Waals surface area contributed by atoms with Crippen LogP contribution in [0.4, 0.5) is 5.82 Å². The van der Waals surface area contributed by atoms with Crippen LogP contribution in [0.5, 0.6) is 0 Å². The number of nitrogens with two attached hydrogens (primary N) is 1. The highest BCUT2D eigenvalue weighted by Crippen LogP contribution is 2.38. The maximum Gasteiger partial charge on any atom is 0.254 e. The number of aryl methyl sites for hydroxylation is 1. The Hall–Kier alpha value is -3.57. The minimum absolute atomic E-state index is 0.0277. The molecule has 5 rings (SSSR count). The predicted molar refractivity (Wildman–Crippen MR) is 137 cm³/mol. The summed E-state index contributed by atoms with van der Waals surface area (Å²) in [5.74, 6) is -0.150. The second-order valence-electron chi connectivity index (χ2n) is 10.0. The van der Waals surface area contributed by atoms with Crippen molar-refractivity contribution in [1.82, 2.24) is 34.1 Å². The summed E-state index contributed by atoms with van der Waals surface area (Å²) in [5, 5.41) is 36.1. The fraction of sp³-hybridized carbons (Fsp3) is 0.560. The highest BCUT2D eigenvalue weighted by Gasteiger charge is 2.49. The SMILES string of the molecule is CN1CCC(N(CCCC#N)C(=O)[C@H]2O[C@@H](n3cc(-c4ccn(C)n4)c4c(N)ncnc43)[C@H](O)[C@@H]2O)CC1. The van der Waals surface area contributed by atoms with Crippen molar-refractivity contribution in [3.05, 3.63) is 24.8 Å². The normalized spacial score (nSPS) is 24.6. The zero-order valence-corrected chi connectivity index (χ0v) is 21.5. The summed E-state index contributed by atoms with van der Waals surface area (Å²) in [6, 6.07) is 3.92. The Balaban J connectivity index is 1.46. The summed E-state index contributed by atoms with van der Waals surface area (Å²) < 4.78 is 9.34. The molecule has 13 nitrogen and oxygen atoms in total. The molecule has 0 unspecified atom stereocenters. The number of amides is 1. The third-order valence-electron chi connectivity index (χ3n) is 7.48. The molecule has 5 heterocycles. The first kappa shape index (κ1) is 26.1. The highest BCUT2D eigenvalue weighted by atomic mass is 16.6. The maximum absolute atomic E-state index is 13.8. The first-order chi connectivity index (χ1) is 18.3. The molecule has 0 aliphatic carbocycles. The van der Waals surface area contributed by atoms with Crippen LogP contribution in [-0.4, -0.2) is 101 Å². The predicted octanol–water partition coefficient (Wildman–Crippen LogP) is 0.260. The monoisotopic (exact) mass is 523 g/mol. The van der Waals surface area contributed by atoms with Crippen LogP contribution in [0.25, 0.3) is 22.3 Å². The van der Waals surface area contributed by atoms with Crippen LogP contribution in [0.15, 0.2) is 24.8 Å². The summed E-state index contributed by atoms with van der Waals surface area (Å²) in [6.45, 7) is 2.08. The van der Waals surface area contributed by atoms with Gasteiger partial charge in [0.2, 0.25) is 0 Å². The van der Waals surface area contributed by atoms with Gasteiger partial charge in [-0.1, -0.05) is 0 Å². The van der Waals surface area contributed by atoms with Crippen LogP contribution in [-0.2, 0) is 16.6 Å². The molecular formula is C25H33N9O4. The zero-order chi connectivity index (χ0) is 27.0. The van der Waals surface area contributed by atoms with Crippen molar-refractivity contribution in [2.24, 2.45) is 7.05 Å². The number of nitrogen functional groups attached to an aromatic ring is 1. The van der Waals surface area contributed by atoms with Gasteiger partial charge >= 0.3 is 0 Å². The lowest BCUT2D eigenvalue weighted by Gasteiger charge is -2.38. The van der Waals surface area contributed by atoms with Gasteiger partial charge in [0.15, 0.2) is 12.3 Å². The van der Waals surface area contributed by atoms with Crippen LogP contribution >= 0.6 is 0 Å². The molecule has 0 saturated carbocycles. The molecule has 4 N–H and O–H groups in total. The van der Waals surface area contributed by atoms with E-state index in [1.807, 2.05) is 13.1 Å². The van der Waals surface area contributed by atoms with E-state index in [4.69, 9.17) is 15.7 Å². The molecule has 13 heteroatoms. The van der Waals surface area contributed by atoms with E-state index in [-0.39, 0.29) is 17.8 Å². The zero-order valence-electron chi connectivity index (χ0n) is 21.5. The molecule has 0 bridgehead atoms. The maximum atomic E-state index is 13.8. The van der Waals surface area contributed by atoms with Crippen LogP contribution < -0.4 is 5.73 Å². The minimum atomic E-state index is -1.45. The lowest BCUT2D eigenvalue weighted by Crippen LogP contribution is -2.52. The first-order valence-electron chi connectivity index (χ1n) is 12.8. The smallest absolute Gasteiger partial charge is 0.254 e. The third kappa shape index (κ3) is 4.71. The molecule has 0 spiro atoms. The Bertz CT molecular complexity index is 1340. The van der Waals surface area contributed by atoms with Crippen molar-refractivity contribution >= 4 is 22.8 Å². The lowest BCUT2D eigenvalue weighted by molar-refractivity contribution is -0.152. The number of piperidine rings is 1.